The van der Waals surface area contributed by atoms with Crippen LogP contribution in [-0.2, 0) is 21.4 Å². The van der Waals surface area contributed by atoms with E-state index in [1.807, 2.05) is 10.8 Å². The number of nitrogens with one attached hydrogen (secondary N) is 2. The molecule has 0 aliphatic carbocycles. The van der Waals surface area contributed by atoms with E-state index in [1.165, 1.54) is 25.4 Å². The average Bonchev–Trinajstić information content (AvgIpc) is 3.01. The minimum absolute atomic E-state index is 0.0104. The summed E-state index contributed by atoms with van der Waals surface area (Å²) >= 11 is 3.10. The van der Waals surface area contributed by atoms with Crippen LogP contribution in [0.4, 0.5) is 0 Å². The van der Waals surface area contributed by atoms with Gasteiger partial charge in [-0.3, -0.25) is 9.59 Å². The molecule has 0 atom stereocenters. The summed E-state index contributed by atoms with van der Waals surface area (Å²) in [5.41, 5.74) is 0.109. The van der Waals surface area contributed by atoms with E-state index in [-0.39, 0.29) is 16.2 Å². The predicted molar refractivity (Wildman–Crippen MR) is 87.6 cm³/mol. The SMILES string of the molecule is CNC(=O)c1cn(CC(=O)NS(=O)(=O)c2cc(Br)cc(C#N)c2)nn1. The molecule has 2 amide bonds. The van der Waals surface area contributed by atoms with Crippen LogP contribution in [0.2, 0.25) is 0 Å². The number of nitriles is 1. The molecule has 2 N–H and O–H groups in total. The zero-order chi connectivity index (χ0) is 18.6. The van der Waals surface area contributed by atoms with E-state index in [0.29, 0.717) is 4.47 Å². The minimum atomic E-state index is -4.17. The molecule has 0 aliphatic heterocycles. The molecule has 1 aromatic heterocycles. The highest BCUT2D eigenvalue weighted by molar-refractivity contribution is 9.10. The molecule has 2 aromatic rings. The fourth-order valence-corrected chi connectivity index (χ4v) is 3.47. The summed E-state index contributed by atoms with van der Waals surface area (Å²) in [5.74, 6) is -1.37. The maximum atomic E-state index is 12.2. The van der Waals surface area contributed by atoms with Gasteiger partial charge in [0, 0.05) is 11.5 Å². The second-order valence-electron chi connectivity index (χ2n) is 4.70. The molecule has 0 bridgehead atoms. The monoisotopic (exact) mass is 426 g/mol. The zero-order valence-electron chi connectivity index (χ0n) is 12.7. The molecule has 2 rings (SSSR count). The summed E-state index contributed by atoms with van der Waals surface area (Å²) in [6, 6.07) is 5.66. The van der Waals surface area contributed by atoms with Gasteiger partial charge in [0.2, 0.25) is 0 Å². The van der Waals surface area contributed by atoms with Gasteiger partial charge < -0.3 is 5.32 Å². The topological polar surface area (TPSA) is 147 Å². The van der Waals surface area contributed by atoms with Crippen LogP contribution in [0.5, 0.6) is 0 Å². The maximum Gasteiger partial charge on any atom is 0.273 e. The quantitative estimate of drug-likeness (QED) is 0.670. The van der Waals surface area contributed by atoms with Gasteiger partial charge in [-0.2, -0.15) is 5.26 Å². The van der Waals surface area contributed by atoms with Crippen LogP contribution in [0.3, 0.4) is 0 Å². The molecular formula is C13H11BrN6O4S. The Hall–Kier alpha value is -2.78. The smallest absolute Gasteiger partial charge is 0.273 e. The molecule has 0 radical (unpaired) electrons. The van der Waals surface area contributed by atoms with Crippen molar-refractivity contribution in [3.63, 3.8) is 0 Å². The number of carbonyl (C=O) groups is 2. The van der Waals surface area contributed by atoms with Gasteiger partial charge in [0.1, 0.15) is 6.54 Å². The number of hydrogen-bond acceptors (Lipinski definition) is 7. The van der Waals surface area contributed by atoms with Crippen molar-refractivity contribution in [1.82, 2.24) is 25.0 Å². The number of hydrogen-bond donors (Lipinski definition) is 2. The normalized spacial score (nSPS) is 10.8. The third-order valence-electron chi connectivity index (χ3n) is 2.86. The number of halogens is 1. The molecule has 130 valence electrons. The molecule has 0 spiro atoms. The van der Waals surface area contributed by atoms with E-state index in [0.717, 1.165) is 10.7 Å². The molecule has 10 nitrogen and oxygen atoms in total. The molecule has 0 saturated carbocycles. The molecule has 0 fully saturated rings. The van der Waals surface area contributed by atoms with Crippen molar-refractivity contribution in [1.29, 1.82) is 5.26 Å². The van der Waals surface area contributed by atoms with Gasteiger partial charge in [0.15, 0.2) is 5.69 Å². The average molecular weight is 427 g/mol. The maximum absolute atomic E-state index is 12.2. The zero-order valence-corrected chi connectivity index (χ0v) is 15.1. The van der Waals surface area contributed by atoms with Gasteiger partial charge in [0.25, 0.3) is 21.8 Å². The minimum Gasteiger partial charge on any atom is -0.354 e. The Bertz CT molecular complexity index is 979. The van der Waals surface area contributed by atoms with E-state index in [1.54, 1.807) is 0 Å². The van der Waals surface area contributed by atoms with E-state index >= 15 is 0 Å². The van der Waals surface area contributed by atoms with E-state index in [9.17, 15) is 18.0 Å². The Labute approximate surface area is 151 Å². The Balaban J connectivity index is 2.14. The summed E-state index contributed by atoms with van der Waals surface area (Å²) < 4.78 is 27.8. The van der Waals surface area contributed by atoms with Gasteiger partial charge in [-0.05, 0) is 18.2 Å². The van der Waals surface area contributed by atoms with Crippen molar-refractivity contribution >= 4 is 37.8 Å². The lowest BCUT2D eigenvalue weighted by molar-refractivity contribution is -0.120. The molecule has 1 aromatic carbocycles. The number of aromatic nitrogens is 3. The second-order valence-corrected chi connectivity index (χ2v) is 7.29. The number of rotatable bonds is 5. The van der Waals surface area contributed by atoms with Crippen molar-refractivity contribution in [3.8, 4) is 6.07 Å². The van der Waals surface area contributed by atoms with Crippen LogP contribution < -0.4 is 10.0 Å². The molecule has 0 unspecified atom stereocenters. The highest BCUT2D eigenvalue weighted by atomic mass is 79.9. The lowest BCUT2D eigenvalue weighted by Gasteiger charge is -2.07. The van der Waals surface area contributed by atoms with E-state index in [2.05, 4.69) is 31.6 Å². The molecule has 25 heavy (non-hydrogen) atoms. The summed E-state index contributed by atoms with van der Waals surface area (Å²) in [6.07, 6.45) is 1.21. The van der Waals surface area contributed by atoms with Crippen LogP contribution in [0.15, 0.2) is 33.8 Å². The number of benzene rings is 1. The molecule has 12 heteroatoms. The lowest BCUT2D eigenvalue weighted by Crippen LogP contribution is -2.33. The van der Waals surface area contributed by atoms with Crippen molar-refractivity contribution in [3.05, 3.63) is 40.1 Å². The molecule has 1 heterocycles. The van der Waals surface area contributed by atoms with Crippen LogP contribution in [0.25, 0.3) is 0 Å². The first-order valence-corrected chi connectivity index (χ1v) is 8.91. The van der Waals surface area contributed by atoms with Crippen LogP contribution >= 0.6 is 15.9 Å². The number of amides is 2. The Morgan fingerprint density at radius 2 is 2.08 bits per heavy atom. The number of nitrogens with zero attached hydrogens (tertiary/aromatic N) is 4. The lowest BCUT2D eigenvalue weighted by atomic mass is 10.2. The van der Waals surface area contributed by atoms with E-state index in [4.69, 9.17) is 5.26 Å². The first-order valence-electron chi connectivity index (χ1n) is 6.63. The third kappa shape index (κ3) is 4.61. The van der Waals surface area contributed by atoms with Crippen molar-refractivity contribution in [2.24, 2.45) is 0 Å². The second kappa shape index (κ2) is 7.41. The number of sulfonamides is 1. The van der Waals surface area contributed by atoms with Gasteiger partial charge in [0.05, 0.1) is 22.7 Å². The largest absolute Gasteiger partial charge is 0.354 e. The first-order chi connectivity index (χ1) is 11.7. The summed E-state index contributed by atoms with van der Waals surface area (Å²) in [6.45, 7) is -0.456. The molecule has 0 saturated heterocycles. The molecular weight excluding hydrogens is 416 g/mol. The van der Waals surface area contributed by atoms with Gasteiger partial charge in [-0.15, -0.1) is 5.10 Å². The highest BCUT2D eigenvalue weighted by Crippen LogP contribution is 2.19. The Morgan fingerprint density at radius 3 is 2.72 bits per heavy atom. The van der Waals surface area contributed by atoms with Gasteiger partial charge in [-0.25, -0.2) is 17.8 Å². The fourth-order valence-electron chi connectivity index (χ4n) is 1.78. The van der Waals surface area contributed by atoms with Gasteiger partial charge >= 0.3 is 0 Å². The first kappa shape index (κ1) is 18.6. The number of carbonyl (C=O) groups excluding carboxylic acids is 2. The summed E-state index contributed by atoms with van der Waals surface area (Å²) in [5, 5.41) is 18.4. The van der Waals surface area contributed by atoms with Crippen molar-refractivity contribution in [2.45, 2.75) is 11.4 Å². The van der Waals surface area contributed by atoms with Crippen LogP contribution in [-0.4, -0.2) is 42.3 Å². The molecule has 0 aliphatic rings. The van der Waals surface area contributed by atoms with Crippen LogP contribution in [0.1, 0.15) is 16.1 Å². The highest BCUT2D eigenvalue weighted by Gasteiger charge is 2.20. The van der Waals surface area contributed by atoms with Crippen molar-refractivity contribution in [2.75, 3.05) is 7.05 Å². The van der Waals surface area contributed by atoms with Gasteiger partial charge in [-0.1, -0.05) is 21.1 Å². The summed E-state index contributed by atoms with van der Waals surface area (Å²) in [7, 11) is -2.76. The Kier molecular flexibility index (Phi) is 5.50. The van der Waals surface area contributed by atoms with E-state index < -0.39 is 28.4 Å². The van der Waals surface area contributed by atoms with Crippen LogP contribution in [0, 0.1) is 11.3 Å². The summed E-state index contributed by atoms with van der Waals surface area (Å²) in [4.78, 5) is 23.1. The Morgan fingerprint density at radius 1 is 1.36 bits per heavy atom. The van der Waals surface area contributed by atoms with Crippen molar-refractivity contribution < 1.29 is 18.0 Å². The third-order valence-corrected chi connectivity index (χ3v) is 4.67. The fraction of sp³-hybridized carbons (Fsp3) is 0.154. The standard InChI is InChI=1S/C13H11BrN6O4S/c1-16-13(22)11-6-20(19-17-11)7-12(21)18-25(23,24)10-3-8(5-15)2-9(14)4-10/h2-4,6H,7H2,1H3,(H,16,22)(H,18,21). The predicted octanol–water partition coefficient (Wildman–Crippen LogP) is -0.223.